The molecule has 24 heavy (non-hydrogen) atoms. The number of urea groups is 1. The number of para-hydroxylation sites is 1. The van der Waals surface area contributed by atoms with E-state index in [0.29, 0.717) is 30.8 Å². The first-order valence-electron chi connectivity index (χ1n) is 7.81. The minimum atomic E-state index is -0.435. The van der Waals surface area contributed by atoms with E-state index >= 15 is 0 Å². The second-order valence-electron chi connectivity index (χ2n) is 5.60. The van der Waals surface area contributed by atoms with Crippen molar-refractivity contribution in [1.29, 1.82) is 0 Å². The average molecular weight is 348 g/mol. The molecule has 0 bridgehead atoms. The lowest BCUT2D eigenvalue weighted by Crippen LogP contribution is -2.36. The SMILES string of the molecule is O=C(Nc1ccccc1)N1CCS[C@H](c2cc(F)ccc2F)CC1. The molecule has 0 spiro atoms. The molecule has 1 aliphatic rings. The fourth-order valence-electron chi connectivity index (χ4n) is 2.71. The van der Waals surface area contributed by atoms with Crippen LogP contribution in [-0.4, -0.2) is 29.8 Å². The molecule has 126 valence electrons. The van der Waals surface area contributed by atoms with Crippen LogP contribution < -0.4 is 5.32 Å². The Morgan fingerprint density at radius 1 is 1.12 bits per heavy atom. The fourth-order valence-corrected chi connectivity index (χ4v) is 3.95. The van der Waals surface area contributed by atoms with E-state index in [-0.39, 0.29) is 11.3 Å². The van der Waals surface area contributed by atoms with Crippen LogP contribution in [0.5, 0.6) is 0 Å². The molecule has 6 heteroatoms. The Labute approximate surface area is 144 Å². The van der Waals surface area contributed by atoms with Crippen molar-refractivity contribution < 1.29 is 13.6 Å². The standard InChI is InChI=1S/C18H18F2N2OS/c19-13-6-7-16(20)15(12-13)17-8-9-22(10-11-24-17)18(23)21-14-4-2-1-3-5-14/h1-7,12,17H,8-11H2,(H,21,23)/t17-/m0/s1. The Bertz CT molecular complexity index is 711. The predicted molar refractivity (Wildman–Crippen MR) is 93.2 cm³/mol. The van der Waals surface area contributed by atoms with Gasteiger partial charge in [-0.1, -0.05) is 18.2 Å². The number of halogens is 2. The largest absolute Gasteiger partial charge is 0.324 e. The van der Waals surface area contributed by atoms with Gasteiger partial charge in [-0.05, 0) is 36.8 Å². The maximum Gasteiger partial charge on any atom is 0.321 e. The minimum absolute atomic E-state index is 0.143. The average Bonchev–Trinajstić information content (AvgIpc) is 2.84. The third kappa shape index (κ3) is 4.06. The molecule has 1 aliphatic heterocycles. The minimum Gasteiger partial charge on any atom is -0.324 e. The van der Waals surface area contributed by atoms with Gasteiger partial charge in [0.25, 0.3) is 0 Å². The van der Waals surface area contributed by atoms with E-state index in [0.717, 1.165) is 17.8 Å². The molecular weight excluding hydrogens is 330 g/mol. The number of hydrogen-bond donors (Lipinski definition) is 1. The highest BCUT2D eigenvalue weighted by atomic mass is 32.2. The summed E-state index contributed by atoms with van der Waals surface area (Å²) in [4.78, 5) is 14.1. The molecule has 0 aliphatic carbocycles. The van der Waals surface area contributed by atoms with Gasteiger partial charge in [0, 0.05) is 35.3 Å². The number of hydrogen-bond acceptors (Lipinski definition) is 2. The zero-order chi connectivity index (χ0) is 16.9. The Hall–Kier alpha value is -2.08. The number of amides is 2. The van der Waals surface area contributed by atoms with Crippen molar-refractivity contribution in [3.8, 4) is 0 Å². The monoisotopic (exact) mass is 348 g/mol. The molecule has 2 aromatic carbocycles. The van der Waals surface area contributed by atoms with E-state index in [1.54, 1.807) is 16.7 Å². The van der Waals surface area contributed by atoms with Crippen LogP contribution in [0.25, 0.3) is 0 Å². The van der Waals surface area contributed by atoms with Gasteiger partial charge in [-0.25, -0.2) is 13.6 Å². The van der Waals surface area contributed by atoms with Gasteiger partial charge >= 0.3 is 6.03 Å². The third-order valence-corrected chi connectivity index (χ3v) is 5.27. The van der Waals surface area contributed by atoms with Gasteiger partial charge in [-0.2, -0.15) is 11.8 Å². The summed E-state index contributed by atoms with van der Waals surface area (Å²) in [5.74, 6) is -0.144. The summed E-state index contributed by atoms with van der Waals surface area (Å²) in [5, 5.41) is 2.71. The Morgan fingerprint density at radius 3 is 2.71 bits per heavy atom. The molecule has 3 rings (SSSR count). The number of rotatable bonds is 2. The quantitative estimate of drug-likeness (QED) is 0.855. The predicted octanol–water partition coefficient (Wildman–Crippen LogP) is 4.68. The van der Waals surface area contributed by atoms with Gasteiger partial charge in [0.15, 0.2) is 0 Å². The van der Waals surface area contributed by atoms with E-state index in [4.69, 9.17) is 0 Å². The first-order chi connectivity index (χ1) is 11.6. The van der Waals surface area contributed by atoms with E-state index in [1.165, 1.54) is 6.07 Å². The highest BCUT2D eigenvalue weighted by Crippen LogP contribution is 2.36. The lowest BCUT2D eigenvalue weighted by Gasteiger charge is -2.21. The zero-order valence-corrected chi connectivity index (χ0v) is 13.9. The van der Waals surface area contributed by atoms with Crippen LogP contribution in [0.3, 0.4) is 0 Å². The molecule has 3 nitrogen and oxygen atoms in total. The van der Waals surface area contributed by atoms with E-state index in [2.05, 4.69) is 5.32 Å². The second-order valence-corrected chi connectivity index (χ2v) is 6.91. The van der Waals surface area contributed by atoms with Crippen molar-refractivity contribution in [2.45, 2.75) is 11.7 Å². The first kappa shape index (κ1) is 16.8. The fraction of sp³-hybridized carbons (Fsp3) is 0.278. The van der Waals surface area contributed by atoms with Crippen molar-refractivity contribution in [2.75, 3.05) is 24.2 Å². The van der Waals surface area contributed by atoms with Gasteiger partial charge in [0.2, 0.25) is 0 Å². The van der Waals surface area contributed by atoms with Crippen LogP contribution in [0.1, 0.15) is 17.2 Å². The normalized spacial score (nSPS) is 18.1. The zero-order valence-electron chi connectivity index (χ0n) is 13.0. The molecule has 0 saturated carbocycles. The number of carbonyl (C=O) groups excluding carboxylic acids is 1. The molecule has 1 atom stereocenters. The summed E-state index contributed by atoms with van der Waals surface area (Å²) in [6.45, 7) is 1.09. The van der Waals surface area contributed by atoms with Gasteiger partial charge in [0.05, 0.1) is 0 Å². The highest BCUT2D eigenvalue weighted by Gasteiger charge is 2.24. The number of benzene rings is 2. The van der Waals surface area contributed by atoms with Gasteiger partial charge in [-0.3, -0.25) is 0 Å². The number of carbonyl (C=O) groups is 1. The number of nitrogens with one attached hydrogen (secondary N) is 1. The van der Waals surface area contributed by atoms with Gasteiger partial charge < -0.3 is 10.2 Å². The lowest BCUT2D eigenvalue weighted by molar-refractivity contribution is 0.215. The molecule has 0 radical (unpaired) electrons. The Balaban J connectivity index is 1.64. The van der Waals surface area contributed by atoms with Crippen molar-refractivity contribution in [2.24, 2.45) is 0 Å². The lowest BCUT2D eigenvalue weighted by atomic mass is 10.1. The number of nitrogens with zero attached hydrogens (tertiary/aromatic N) is 1. The molecule has 2 amide bonds. The van der Waals surface area contributed by atoms with Crippen LogP contribution >= 0.6 is 11.8 Å². The van der Waals surface area contributed by atoms with Crippen LogP contribution in [0.15, 0.2) is 48.5 Å². The molecule has 2 aromatic rings. The van der Waals surface area contributed by atoms with E-state index < -0.39 is 11.6 Å². The molecule has 1 fully saturated rings. The van der Waals surface area contributed by atoms with Crippen LogP contribution in [0, 0.1) is 11.6 Å². The topological polar surface area (TPSA) is 32.3 Å². The summed E-state index contributed by atoms with van der Waals surface area (Å²) >= 11 is 1.56. The van der Waals surface area contributed by atoms with Crippen molar-refractivity contribution >= 4 is 23.5 Å². The summed E-state index contributed by atoms with van der Waals surface area (Å²) in [6.07, 6.45) is 0.591. The summed E-state index contributed by atoms with van der Waals surface area (Å²) in [7, 11) is 0. The third-order valence-electron chi connectivity index (χ3n) is 3.96. The van der Waals surface area contributed by atoms with Crippen LogP contribution in [0.4, 0.5) is 19.3 Å². The van der Waals surface area contributed by atoms with Crippen molar-refractivity contribution in [3.05, 3.63) is 65.7 Å². The summed E-state index contributed by atoms with van der Waals surface area (Å²) in [6, 6.07) is 12.6. The number of thioether (sulfide) groups is 1. The Kier molecular flexibility index (Phi) is 5.35. The van der Waals surface area contributed by atoms with Crippen LogP contribution in [-0.2, 0) is 0 Å². The van der Waals surface area contributed by atoms with E-state index in [1.807, 2.05) is 30.3 Å². The molecule has 0 aromatic heterocycles. The maximum atomic E-state index is 14.0. The molecule has 1 heterocycles. The van der Waals surface area contributed by atoms with Gasteiger partial charge in [0.1, 0.15) is 11.6 Å². The van der Waals surface area contributed by atoms with Gasteiger partial charge in [-0.15, -0.1) is 0 Å². The maximum absolute atomic E-state index is 14.0. The summed E-state index contributed by atoms with van der Waals surface area (Å²) < 4.78 is 27.4. The second kappa shape index (κ2) is 7.66. The molecule has 1 saturated heterocycles. The molecule has 0 unspecified atom stereocenters. The smallest absolute Gasteiger partial charge is 0.321 e. The highest BCUT2D eigenvalue weighted by molar-refractivity contribution is 7.99. The van der Waals surface area contributed by atoms with Crippen molar-refractivity contribution in [3.63, 3.8) is 0 Å². The van der Waals surface area contributed by atoms with Crippen molar-refractivity contribution in [1.82, 2.24) is 4.90 Å². The number of anilines is 1. The Morgan fingerprint density at radius 2 is 1.92 bits per heavy atom. The first-order valence-corrected chi connectivity index (χ1v) is 8.86. The van der Waals surface area contributed by atoms with E-state index in [9.17, 15) is 13.6 Å². The summed E-state index contributed by atoms with van der Waals surface area (Å²) in [5.41, 5.74) is 1.12. The molecule has 1 N–H and O–H groups in total. The van der Waals surface area contributed by atoms with Crippen LogP contribution in [0.2, 0.25) is 0 Å². The molecular formula is C18H18F2N2OS.